The Labute approximate surface area is 149 Å². The number of carbonyl (C=O) groups is 1. The van der Waals surface area contributed by atoms with E-state index in [4.69, 9.17) is 5.73 Å². The number of nitrogens with one attached hydrogen (secondary N) is 1. The monoisotopic (exact) mass is 365 g/mol. The molecule has 0 radical (unpaired) electrons. The Morgan fingerprint density at radius 3 is 2.60 bits per heavy atom. The maximum absolute atomic E-state index is 12.7. The van der Waals surface area contributed by atoms with Gasteiger partial charge in [0.25, 0.3) is 0 Å². The van der Waals surface area contributed by atoms with E-state index in [9.17, 15) is 13.2 Å². The standard InChI is InChI=1S/C18H27N3O3S/c19-17-9-4-6-14(17)12-18(22)20-15-7-5-8-16(13-15)25(23,24)21-10-2-1-3-11-21/h5,7-8,13-14,17H,1-4,6,9-12,19H2,(H,20,22)/t14-,17+/m0/s1. The fraction of sp³-hybridized carbons (Fsp3) is 0.611. The molecule has 6 nitrogen and oxygen atoms in total. The molecule has 0 aromatic heterocycles. The fourth-order valence-corrected chi connectivity index (χ4v) is 5.32. The second-order valence-electron chi connectivity index (χ2n) is 7.10. The second kappa shape index (κ2) is 7.85. The average Bonchev–Trinajstić information content (AvgIpc) is 3.00. The molecule has 2 aliphatic rings. The molecule has 1 aliphatic carbocycles. The van der Waals surface area contributed by atoms with Crippen LogP contribution in [-0.2, 0) is 14.8 Å². The molecule has 0 unspecified atom stereocenters. The van der Waals surface area contributed by atoms with E-state index in [1.54, 1.807) is 24.3 Å². The predicted octanol–water partition coefficient (Wildman–Crippen LogP) is 2.32. The minimum atomic E-state index is -3.49. The van der Waals surface area contributed by atoms with Crippen LogP contribution in [0.1, 0.15) is 44.9 Å². The summed E-state index contributed by atoms with van der Waals surface area (Å²) in [4.78, 5) is 12.5. The molecule has 2 fully saturated rings. The van der Waals surface area contributed by atoms with Gasteiger partial charge < -0.3 is 11.1 Å². The summed E-state index contributed by atoms with van der Waals surface area (Å²) in [7, 11) is -3.49. The molecule has 3 rings (SSSR count). The summed E-state index contributed by atoms with van der Waals surface area (Å²) in [5, 5.41) is 2.83. The molecule has 25 heavy (non-hydrogen) atoms. The summed E-state index contributed by atoms with van der Waals surface area (Å²) >= 11 is 0. The fourth-order valence-electron chi connectivity index (χ4n) is 3.76. The van der Waals surface area contributed by atoms with Crippen molar-refractivity contribution in [3.8, 4) is 0 Å². The lowest BCUT2D eigenvalue weighted by Crippen LogP contribution is -2.35. The number of amides is 1. The zero-order chi connectivity index (χ0) is 17.9. The molecule has 1 heterocycles. The van der Waals surface area contributed by atoms with Crippen molar-refractivity contribution in [3.63, 3.8) is 0 Å². The Balaban J connectivity index is 1.67. The summed E-state index contributed by atoms with van der Waals surface area (Å²) in [6, 6.07) is 6.63. The summed E-state index contributed by atoms with van der Waals surface area (Å²) < 4.78 is 27.0. The highest BCUT2D eigenvalue weighted by atomic mass is 32.2. The summed E-state index contributed by atoms with van der Waals surface area (Å²) in [5.41, 5.74) is 6.54. The number of anilines is 1. The number of nitrogens with zero attached hydrogens (tertiary/aromatic N) is 1. The zero-order valence-corrected chi connectivity index (χ0v) is 15.3. The quantitative estimate of drug-likeness (QED) is 0.837. The first kappa shape index (κ1) is 18.4. The number of carbonyl (C=O) groups excluding carboxylic acids is 1. The Bertz CT molecular complexity index is 714. The van der Waals surface area contributed by atoms with Crippen LogP contribution in [0.3, 0.4) is 0 Å². The van der Waals surface area contributed by atoms with Gasteiger partial charge in [0.1, 0.15) is 0 Å². The average molecular weight is 365 g/mol. The largest absolute Gasteiger partial charge is 0.327 e. The zero-order valence-electron chi connectivity index (χ0n) is 14.5. The summed E-state index contributed by atoms with van der Waals surface area (Å²) in [6.07, 6.45) is 6.30. The van der Waals surface area contributed by atoms with Crippen LogP contribution in [0.25, 0.3) is 0 Å². The minimum absolute atomic E-state index is 0.0940. The van der Waals surface area contributed by atoms with Gasteiger partial charge in [-0.25, -0.2) is 8.42 Å². The highest BCUT2D eigenvalue weighted by molar-refractivity contribution is 7.89. The molecule has 1 saturated carbocycles. The predicted molar refractivity (Wildman–Crippen MR) is 97.6 cm³/mol. The first-order chi connectivity index (χ1) is 12.0. The van der Waals surface area contributed by atoms with Crippen LogP contribution < -0.4 is 11.1 Å². The molecule has 1 aromatic rings. The number of piperidine rings is 1. The third kappa shape index (κ3) is 4.40. The summed E-state index contributed by atoms with van der Waals surface area (Å²) in [6.45, 7) is 1.14. The highest BCUT2D eigenvalue weighted by Gasteiger charge is 2.27. The SMILES string of the molecule is N[C@@H]1CCC[C@H]1CC(=O)Nc1cccc(S(=O)(=O)N2CCCCC2)c1. The molecule has 0 bridgehead atoms. The first-order valence-electron chi connectivity index (χ1n) is 9.12. The highest BCUT2D eigenvalue weighted by Crippen LogP contribution is 2.27. The lowest BCUT2D eigenvalue weighted by molar-refractivity contribution is -0.117. The van der Waals surface area contributed by atoms with Crippen molar-refractivity contribution < 1.29 is 13.2 Å². The van der Waals surface area contributed by atoms with E-state index >= 15 is 0 Å². The second-order valence-corrected chi connectivity index (χ2v) is 9.04. The van der Waals surface area contributed by atoms with Gasteiger partial charge in [0.05, 0.1) is 4.90 Å². The van der Waals surface area contributed by atoms with Crippen LogP contribution >= 0.6 is 0 Å². The molecule has 7 heteroatoms. The Morgan fingerprint density at radius 1 is 1.16 bits per heavy atom. The van der Waals surface area contributed by atoms with Crippen LogP contribution in [0.5, 0.6) is 0 Å². The Kier molecular flexibility index (Phi) is 5.76. The Morgan fingerprint density at radius 2 is 1.92 bits per heavy atom. The molecular weight excluding hydrogens is 338 g/mol. The number of hydrogen-bond acceptors (Lipinski definition) is 4. The number of hydrogen-bond donors (Lipinski definition) is 2. The van der Waals surface area contributed by atoms with Gasteiger partial charge in [-0.2, -0.15) is 4.31 Å². The molecular formula is C18H27N3O3S. The number of nitrogens with two attached hydrogens (primary N) is 1. The van der Waals surface area contributed by atoms with E-state index in [0.29, 0.717) is 25.2 Å². The smallest absolute Gasteiger partial charge is 0.243 e. The topological polar surface area (TPSA) is 92.5 Å². The van der Waals surface area contributed by atoms with Crippen molar-refractivity contribution in [1.29, 1.82) is 0 Å². The molecule has 1 saturated heterocycles. The molecule has 138 valence electrons. The number of rotatable bonds is 5. The van der Waals surface area contributed by atoms with Crippen LogP contribution in [0.4, 0.5) is 5.69 Å². The third-order valence-electron chi connectivity index (χ3n) is 5.24. The molecule has 1 aliphatic heterocycles. The van der Waals surface area contributed by atoms with E-state index in [1.165, 1.54) is 4.31 Å². The number of benzene rings is 1. The van der Waals surface area contributed by atoms with Crippen molar-refractivity contribution in [2.24, 2.45) is 11.7 Å². The molecule has 2 atom stereocenters. The van der Waals surface area contributed by atoms with Gasteiger partial charge in [-0.05, 0) is 49.8 Å². The van der Waals surface area contributed by atoms with E-state index in [0.717, 1.165) is 38.5 Å². The third-order valence-corrected chi connectivity index (χ3v) is 7.13. The van der Waals surface area contributed by atoms with Crippen LogP contribution in [0, 0.1) is 5.92 Å². The molecule has 3 N–H and O–H groups in total. The molecule has 1 aromatic carbocycles. The van der Waals surface area contributed by atoms with Gasteiger partial charge in [-0.1, -0.05) is 18.9 Å². The van der Waals surface area contributed by atoms with Crippen molar-refractivity contribution in [2.45, 2.75) is 55.9 Å². The maximum Gasteiger partial charge on any atom is 0.243 e. The van der Waals surface area contributed by atoms with Crippen LogP contribution in [0.2, 0.25) is 0 Å². The normalized spacial score (nSPS) is 25.0. The van der Waals surface area contributed by atoms with Crippen LogP contribution in [-0.4, -0.2) is 37.8 Å². The minimum Gasteiger partial charge on any atom is -0.327 e. The van der Waals surface area contributed by atoms with Crippen molar-refractivity contribution in [1.82, 2.24) is 4.31 Å². The van der Waals surface area contributed by atoms with E-state index in [1.807, 2.05) is 0 Å². The van der Waals surface area contributed by atoms with E-state index < -0.39 is 10.0 Å². The van der Waals surface area contributed by atoms with Crippen LogP contribution in [0.15, 0.2) is 29.2 Å². The van der Waals surface area contributed by atoms with Gasteiger partial charge in [-0.15, -0.1) is 0 Å². The van der Waals surface area contributed by atoms with Gasteiger partial charge in [-0.3, -0.25) is 4.79 Å². The van der Waals surface area contributed by atoms with Gasteiger partial charge in [0, 0.05) is 31.2 Å². The Hall–Kier alpha value is -1.44. The van der Waals surface area contributed by atoms with Gasteiger partial charge in [0.2, 0.25) is 15.9 Å². The van der Waals surface area contributed by atoms with E-state index in [-0.39, 0.29) is 22.8 Å². The van der Waals surface area contributed by atoms with E-state index in [2.05, 4.69) is 5.32 Å². The van der Waals surface area contributed by atoms with Crippen molar-refractivity contribution >= 4 is 21.6 Å². The lowest BCUT2D eigenvalue weighted by atomic mass is 10.00. The lowest BCUT2D eigenvalue weighted by Gasteiger charge is -2.26. The number of sulfonamides is 1. The maximum atomic E-state index is 12.7. The first-order valence-corrected chi connectivity index (χ1v) is 10.6. The van der Waals surface area contributed by atoms with Gasteiger partial charge >= 0.3 is 0 Å². The molecule has 1 amide bonds. The summed E-state index contributed by atoms with van der Waals surface area (Å²) in [5.74, 6) is 0.120. The van der Waals surface area contributed by atoms with Crippen molar-refractivity contribution in [3.05, 3.63) is 24.3 Å². The van der Waals surface area contributed by atoms with Gasteiger partial charge in [0.15, 0.2) is 0 Å². The molecule has 0 spiro atoms. The van der Waals surface area contributed by atoms with Crippen molar-refractivity contribution in [2.75, 3.05) is 18.4 Å².